The lowest BCUT2D eigenvalue weighted by Crippen LogP contribution is -2.35. The van der Waals surface area contributed by atoms with Crippen LogP contribution in [0.1, 0.15) is 56.6 Å². The summed E-state index contributed by atoms with van der Waals surface area (Å²) >= 11 is 0. The Morgan fingerprint density at radius 3 is 2.76 bits per heavy atom. The predicted octanol–water partition coefficient (Wildman–Crippen LogP) is 2.68. The van der Waals surface area contributed by atoms with Gasteiger partial charge in [0.2, 0.25) is 0 Å². The quantitative estimate of drug-likeness (QED) is 0.870. The van der Waals surface area contributed by atoms with Crippen molar-refractivity contribution in [2.24, 2.45) is 0 Å². The first kappa shape index (κ1) is 11.3. The topological polar surface area (TPSA) is 29.9 Å². The summed E-state index contributed by atoms with van der Waals surface area (Å²) in [5.74, 6) is 0. The lowest BCUT2D eigenvalue weighted by Gasteiger charge is -2.22. The fourth-order valence-corrected chi connectivity index (χ4v) is 3.23. The molecule has 3 nitrogen and oxygen atoms in total. The van der Waals surface area contributed by atoms with Crippen LogP contribution in [0.2, 0.25) is 0 Å². The summed E-state index contributed by atoms with van der Waals surface area (Å²) in [4.78, 5) is 0. The van der Waals surface area contributed by atoms with Crippen LogP contribution in [0.5, 0.6) is 0 Å². The zero-order valence-electron chi connectivity index (χ0n) is 10.6. The normalized spacial score (nSPS) is 26.5. The maximum atomic E-state index is 4.55. The maximum Gasteiger partial charge on any atom is 0.0522 e. The van der Waals surface area contributed by atoms with E-state index in [1.54, 1.807) is 0 Å². The van der Waals surface area contributed by atoms with E-state index in [4.69, 9.17) is 0 Å². The fourth-order valence-electron chi connectivity index (χ4n) is 3.23. The van der Waals surface area contributed by atoms with Crippen molar-refractivity contribution in [3.8, 4) is 0 Å². The number of rotatable bonds is 3. The van der Waals surface area contributed by atoms with E-state index >= 15 is 0 Å². The Hall–Kier alpha value is -0.830. The molecule has 1 saturated carbocycles. The van der Waals surface area contributed by atoms with E-state index < -0.39 is 0 Å². The minimum atomic E-state index is 0.683. The molecule has 94 valence electrons. The van der Waals surface area contributed by atoms with Crippen LogP contribution in [0.25, 0.3) is 0 Å². The number of hydrogen-bond donors (Lipinski definition) is 1. The summed E-state index contributed by atoms with van der Waals surface area (Å²) in [5, 5.41) is 8.16. The highest BCUT2D eigenvalue weighted by Gasteiger charge is 2.19. The third kappa shape index (κ3) is 2.71. The molecule has 2 fully saturated rings. The lowest BCUT2D eigenvalue weighted by molar-refractivity contribution is 0.399. The molecule has 1 atom stereocenters. The van der Waals surface area contributed by atoms with Gasteiger partial charge in [-0.05, 0) is 44.2 Å². The summed E-state index contributed by atoms with van der Waals surface area (Å²) < 4.78 is 2.21. The Labute approximate surface area is 104 Å². The molecule has 1 unspecified atom stereocenters. The van der Waals surface area contributed by atoms with Gasteiger partial charge in [-0.25, -0.2) is 0 Å². The number of piperidine rings is 1. The van der Waals surface area contributed by atoms with Crippen molar-refractivity contribution in [2.45, 2.75) is 63.5 Å². The van der Waals surface area contributed by atoms with Gasteiger partial charge in [0, 0.05) is 12.2 Å². The van der Waals surface area contributed by atoms with Crippen LogP contribution < -0.4 is 5.32 Å². The largest absolute Gasteiger partial charge is 0.314 e. The number of nitrogens with one attached hydrogen (secondary N) is 1. The van der Waals surface area contributed by atoms with Gasteiger partial charge in [-0.1, -0.05) is 19.3 Å². The van der Waals surface area contributed by atoms with E-state index in [1.807, 2.05) is 0 Å². The molecular formula is C14H23N3. The molecular weight excluding hydrogens is 210 g/mol. The fraction of sp³-hybridized carbons (Fsp3) is 0.786. The SMILES string of the molecule is c1nn(C2CCCC2)cc1CC1CCCCN1. The first-order valence-electron chi connectivity index (χ1n) is 7.18. The molecule has 0 spiro atoms. The smallest absolute Gasteiger partial charge is 0.0522 e. The second-order valence-corrected chi connectivity index (χ2v) is 5.62. The Kier molecular flexibility index (Phi) is 3.46. The zero-order valence-corrected chi connectivity index (χ0v) is 10.6. The Morgan fingerprint density at radius 2 is 2.00 bits per heavy atom. The Bertz CT molecular complexity index is 346. The first-order valence-corrected chi connectivity index (χ1v) is 7.18. The highest BCUT2D eigenvalue weighted by molar-refractivity contribution is 5.07. The third-order valence-electron chi connectivity index (χ3n) is 4.25. The molecule has 3 rings (SSSR count). The van der Waals surface area contributed by atoms with Gasteiger partial charge in [0.1, 0.15) is 0 Å². The molecule has 1 N–H and O–H groups in total. The Balaban J connectivity index is 1.59. The van der Waals surface area contributed by atoms with Crippen LogP contribution in [0.4, 0.5) is 0 Å². The molecule has 17 heavy (non-hydrogen) atoms. The number of aromatic nitrogens is 2. The van der Waals surface area contributed by atoms with Crippen LogP contribution in [0, 0.1) is 0 Å². The van der Waals surface area contributed by atoms with Crippen molar-refractivity contribution >= 4 is 0 Å². The average Bonchev–Trinajstić information content (AvgIpc) is 3.00. The van der Waals surface area contributed by atoms with Gasteiger partial charge in [0.05, 0.1) is 12.2 Å². The molecule has 1 aromatic heterocycles. The molecule has 1 aliphatic heterocycles. The first-order chi connectivity index (χ1) is 8.42. The van der Waals surface area contributed by atoms with Crippen molar-refractivity contribution in [1.82, 2.24) is 15.1 Å². The van der Waals surface area contributed by atoms with Crippen molar-refractivity contribution < 1.29 is 0 Å². The van der Waals surface area contributed by atoms with Crippen molar-refractivity contribution in [2.75, 3.05) is 6.54 Å². The van der Waals surface area contributed by atoms with Crippen LogP contribution in [-0.4, -0.2) is 22.4 Å². The van der Waals surface area contributed by atoms with Crippen LogP contribution >= 0.6 is 0 Å². The van der Waals surface area contributed by atoms with Gasteiger partial charge in [0.25, 0.3) is 0 Å². The van der Waals surface area contributed by atoms with Crippen molar-refractivity contribution in [1.29, 1.82) is 0 Å². The lowest BCUT2D eigenvalue weighted by atomic mass is 9.99. The predicted molar refractivity (Wildman–Crippen MR) is 69.1 cm³/mol. The molecule has 0 bridgehead atoms. The summed E-state index contributed by atoms with van der Waals surface area (Å²) in [6.07, 6.45) is 15.0. The second-order valence-electron chi connectivity index (χ2n) is 5.62. The molecule has 0 aromatic carbocycles. The van der Waals surface area contributed by atoms with Gasteiger partial charge >= 0.3 is 0 Å². The van der Waals surface area contributed by atoms with E-state index in [1.165, 1.54) is 57.1 Å². The van der Waals surface area contributed by atoms with Gasteiger partial charge in [-0.15, -0.1) is 0 Å². The summed E-state index contributed by atoms with van der Waals surface area (Å²) in [7, 11) is 0. The highest BCUT2D eigenvalue weighted by Crippen LogP contribution is 2.29. The van der Waals surface area contributed by atoms with Gasteiger partial charge in [-0.3, -0.25) is 4.68 Å². The van der Waals surface area contributed by atoms with Crippen LogP contribution in [-0.2, 0) is 6.42 Å². The van der Waals surface area contributed by atoms with Gasteiger partial charge < -0.3 is 5.32 Å². The highest BCUT2D eigenvalue weighted by atomic mass is 15.3. The molecule has 3 heteroatoms. The van der Waals surface area contributed by atoms with E-state index in [9.17, 15) is 0 Å². The van der Waals surface area contributed by atoms with E-state index in [-0.39, 0.29) is 0 Å². The standard InChI is InChI=1S/C14H23N3/c1-2-7-14(6-1)17-11-12(10-16-17)9-13-5-3-4-8-15-13/h10-11,13-15H,1-9H2. The summed E-state index contributed by atoms with van der Waals surface area (Å²) in [6, 6.07) is 1.37. The zero-order chi connectivity index (χ0) is 11.5. The monoisotopic (exact) mass is 233 g/mol. The molecule has 1 saturated heterocycles. The number of nitrogens with zero attached hydrogens (tertiary/aromatic N) is 2. The van der Waals surface area contributed by atoms with Crippen LogP contribution in [0.3, 0.4) is 0 Å². The van der Waals surface area contributed by atoms with Gasteiger partial charge in [0.15, 0.2) is 0 Å². The maximum absolute atomic E-state index is 4.55. The van der Waals surface area contributed by atoms with Gasteiger partial charge in [-0.2, -0.15) is 5.10 Å². The molecule has 2 heterocycles. The molecule has 2 aliphatic rings. The minimum Gasteiger partial charge on any atom is -0.314 e. The molecule has 0 radical (unpaired) electrons. The second kappa shape index (κ2) is 5.21. The average molecular weight is 233 g/mol. The van der Waals surface area contributed by atoms with E-state index in [0.717, 1.165) is 6.42 Å². The van der Waals surface area contributed by atoms with Crippen molar-refractivity contribution in [3.05, 3.63) is 18.0 Å². The molecule has 1 aromatic rings. The summed E-state index contributed by atoms with van der Waals surface area (Å²) in [6.45, 7) is 1.20. The van der Waals surface area contributed by atoms with Crippen LogP contribution in [0.15, 0.2) is 12.4 Å². The molecule has 0 amide bonds. The minimum absolute atomic E-state index is 0.683. The summed E-state index contributed by atoms with van der Waals surface area (Å²) in [5.41, 5.74) is 1.41. The number of hydrogen-bond acceptors (Lipinski definition) is 2. The molecule has 1 aliphatic carbocycles. The van der Waals surface area contributed by atoms with E-state index in [2.05, 4.69) is 27.5 Å². The third-order valence-corrected chi connectivity index (χ3v) is 4.25. The van der Waals surface area contributed by atoms with E-state index in [0.29, 0.717) is 12.1 Å². The van der Waals surface area contributed by atoms with Crippen molar-refractivity contribution in [3.63, 3.8) is 0 Å². The Morgan fingerprint density at radius 1 is 1.18 bits per heavy atom.